The molecule has 0 bridgehead atoms. The molecule has 1 aliphatic heterocycles. The summed E-state index contributed by atoms with van der Waals surface area (Å²) in [4.78, 5) is 28.1. The van der Waals surface area contributed by atoms with Gasteiger partial charge in [0.1, 0.15) is 11.2 Å². The number of alkyl halides is 3. The van der Waals surface area contributed by atoms with E-state index in [1.807, 2.05) is 18.2 Å². The van der Waals surface area contributed by atoms with Crippen LogP contribution in [-0.4, -0.2) is 43.9 Å². The van der Waals surface area contributed by atoms with Crippen molar-refractivity contribution in [3.8, 4) is 11.1 Å². The maximum atomic E-state index is 14.0. The molecule has 0 unspecified atom stereocenters. The Morgan fingerprint density at radius 2 is 1.62 bits per heavy atom. The van der Waals surface area contributed by atoms with Gasteiger partial charge < -0.3 is 9.64 Å². The van der Waals surface area contributed by atoms with Crippen LogP contribution in [0.1, 0.15) is 45.2 Å². The minimum absolute atomic E-state index is 0.0807. The van der Waals surface area contributed by atoms with Crippen molar-refractivity contribution >= 4 is 22.6 Å². The van der Waals surface area contributed by atoms with E-state index in [4.69, 9.17) is 4.74 Å². The van der Waals surface area contributed by atoms with Gasteiger partial charge in [0.05, 0.1) is 16.6 Å². The second kappa shape index (κ2) is 8.93. The van der Waals surface area contributed by atoms with Crippen LogP contribution in [-0.2, 0) is 10.9 Å². The highest BCUT2D eigenvalue weighted by atomic mass is 19.4. The average Bonchev–Trinajstić information content (AvgIpc) is 3.20. The molecule has 2 aromatic carbocycles. The molecule has 0 N–H and O–H groups in total. The molecule has 0 radical (unpaired) electrons. The first-order valence-electron chi connectivity index (χ1n) is 12.1. The summed E-state index contributed by atoms with van der Waals surface area (Å²) in [6.07, 6.45) is -2.78. The van der Waals surface area contributed by atoms with Gasteiger partial charge in [0.2, 0.25) is 0 Å². The van der Waals surface area contributed by atoms with Crippen LogP contribution in [0.5, 0.6) is 0 Å². The minimum Gasteiger partial charge on any atom is -0.444 e. The molecule has 1 fully saturated rings. The summed E-state index contributed by atoms with van der Waals surface area (Å²) in [6, 6.07) is 12.0. The zero-order chi connectivity index (χ0) is 26.5. The predicted octanol–water partition coefficient (Wildman–Crippen LogP) is 5.91. The molecule has 1 saturated heterocycles. The van der Waals surface area contributed by atoms with Gasteiger partial charge in [-0.05, 0) is 51.8 Å². The summed E-state index contributed by atoms with van der Waals surface area (Å²) in [6.45, 7) is 6.09. The van der Waals surface area contributed by atoms with E-state index in [0.29, 0.717) is 37.1 Å². The third-order valence-corrected chi connectivity index (χ3v) is 6.51. The SMILES string of the molecule is CC(C)(C)OC(=O)N1CCC(n2c(=O)c(-c3ccccc3C(F)(F)F)cn3nc4ccccc4c23)CC1. The number of halogens is 3. The van der Waals surface area contributed by atoms with E-state index >= 15 is 0 Å². The van der Waals surface area contributed by atoms with Gasteiger partial charge in [0.15, 0.2) is 0 Å². The highest BCUT2D eigenvalue weighted by Gasteiger charge is 2.35. The third-order valence-electron chi connectivity index (χ3n) is 6.51. The average molecular weight is 513 g/mol. The van der Waals surface area contributed by atoms with Gasteiger partial charge >= 0.3 is 12.3 Å². The molecule has 194 valence electrons. The summed E-state index contributed by atoms with van der Waals surface area (Å²) in [7, 11) is 0. The molecule has 7 nitrogen and oxygen atoms in total. The first-order chi connectivity index (χ1) is 17.4. The first-order valence-corrected chi connectivity index (χ1v) is 12.1. The second-order valence-electron chi connectivity index (χ2n) is 10.2. The number of hydrogen-bond donors (Lipinski definition) is 0. The van der Waals surface area contributed by atoms with Crippen molar-refractivity contribution in [2.45, 2.75) is 51.4 Å². The van der Waals surface area contributed by atoms with Crippen LogP contribution in [0.3, 0.4) is 0 Å². The number of carbonyl (C=O) groups excluding carboxylic acids is 1. The number of nitrogens with zero attached hydrogens (tertiary/aromatic N) is 4. The number of likely N-dealkylation sites (tertiary alicyclic amines) is 1. The van der Waals surface area contributed by atoms with Gasteiger partial charge in [-0.2, -0.15) is 18.3 Å². The maximum Gasteiger partial charge on any atom is 0.417 e. The Morgan fingerprint density at radius 1 is 0.973 bits per heavy atom. The summed E-state index contributed by atoms with van der Waals surface area (Å²) < 4.78 is 50.1. The predicted molar refractivity (Wildman–Crippen MR) is 133 cm³/mol. The smallest absolute Gasteiger partial charge is 0.417 e. The van der Waals surface area contributed by atoms with Crippen molar-refractivity contribution in [3.63, 3.8) is 0 Å². The summed E-state index contributed by atoms with van der Waals surface area (Å²) in [5, 5.41) is 5.29. The van der Waals surface area contributed by atoms with E-state index in [0.717, 1.165) is 11.5 Å². The lowest BCUT2D eigenvalue weighted by atomic mass is 10.00. The van der Waals surface area contributed by atoms with Crippen molar-refractivity contribution in [3.05, 3.63) is 70.6 Å². The van der Waals surface area contributed by atoms with Gasteiger partial charge in [0, 0.05) is 36.3 Å². The number of aromatic nitrogens is 3. The Labute approximate surface area is 211 Å². The summed E-state index contributed by atoms with van der Waals surface area (Å²) in [5.74, 6) is 0. The number of ether oxygens (including phenoxy) is 1. The summed E-state index contributed by atoms with van der Waals surface area (Å²) >= 11 is 0. The fraction of sp³-hybridized carbons (Fsp3) is 0.370. The lowest BCUT2D eigenvalue weighted by Gasteiger charge is -2.34. The number of amides is 1. The second-order valence-corrected chi connectivity index (χ2v) is 10.2. The van der Waals surface area contributed by atoms with E-state index in [9.17, 15) is 22.8 Å². The Bertz CT molecular complexity index is 1540. The highest BCUT2D eigenvalue weighted by Crippen LogP contribution is 2.37. The van der Waals surface area contributed by atoms with E-state index in [2.05, 4.69) is 5.10 Å². The van der Waals surface area contributed by atoms with E-state index in [-0.39, 0.29) is 17.2 Å². The Kier molecular flexibility index (Phi) is 6.00. The molecule has 0 atom stereocenters. The Morgan fingerprint density at radius 3 is 2.30 bits per heavy atom. The molecule has 3 heterocycles. The molecule has 10 heteroatoms. The lowest BCUT2D eigenvalue weighted by molar-refractivity contribution is -0.137. The third kappa shape index (κ3) is 4.68. The van der Waals surface area contributed by atoms with Crippen molar-refractivity contribution in [2.75, 3.05) is 13.1 Å². The molecule has 0 saturated carbocycles. The van der Waals surface area contributed by atoms with Crippen LogP contribution >= 0.6 is 0 Å². The van der Waals surface area contributed by atoms with Crippen molar-refractivity contribution < 1.29 is 22.7 Å². The number of carbonyl (C=O) groups is 1. The zero-order valence-corrected chi connectivity index (χ0v) is 20.7. The van der Waals surface area contributed by atoms with Crippen molar-refractivity contribution in [2.24, 2.45) is 0 Å². The first kappa shape index (κ1) is 24.9. The molecule has 4 aromatic rings. The van der Waals surface area contributed by atoms with Crippen LogP contribution < -0.4 is 5.56 Å². The maximum absolute atomic E-state index is 14.0. The summed E-state index contributed by atoms with van der Waals surface area (Å²) in [5.41, 5.74) is -1.16. The quantitative estimate of drug-likeness (QED) is 0.335. The zero-order valence-electron chi connectivity index (χ0n) is 20.7. The van der Waals surface area contributed by atoms with Crippen LogP contribution in [0, 0.1) is 0 Å². The monoisotopic (exact) mass is 512 g/mol. The standard InChI is InChI=1S/C27H27F3N4O3/c1-26(2,3)37-25(36)32-14-12-17(13-15-32)34-23-19-9-5-7-11-22(19)31-33(23)16-20(24(34)35)18-8-4-6-10-21(18)27(28,29)30/h4-11,16-17H,12-15H2,1-3H3. The van der Waals surface area contributed by atoms with Gasteiger partial charge in [-0.25, -0.2) is 9.31 Å². The highest BCUT2D eigenvalue weighted by molar-refractivity contribution is 5.92. The molecule has 1 aliphatic rings. The molecule has 2 aromatic heterocycles. The van der Waals surface area contributed by atoms with Crippen LogP contribution in [0.4, 0.5) is 18.0 Å². The van der Waals surface area contributed by atoms with Gasteiger partial charge in [0.25, 0.3) is 5.56 Å². The fourth-order valence-electron chi connectivity index (χ4n) is 4.89. The van der Waals surface area contributed by atoms with Crippen molar-refractivity contribution in [1.29, 1.82) is 0 Å². The van der Waals surface area contributed by atoms with Gasteiger partial charge in [-0.1, -0.05) is 30.3 Å². The molecular formula is C27H27F3N4O3. The number of benzene rings is 2. The normalized spacial score (nSPS) is 15.5. The Balaban J connectivity index is 1.64. The molecule has 37 heavy (non-hydrogen) atoms. The van der Waals surface area contributed by atoms with E-state index in [1.165, 1.54) is 28.9 Å². The van der Waals surface area contributed by atoms with Crippen LogP contribution in [0.25, 0.3) is 27.7 Å². The van der Waals surface area contributed by atoms with Gasteiger partial charge in [-0.3, -0.25) is 9.36 Å². The Hall–Kier alpha value is -3.82. The number of rotatable bonds is 2. The molecule has 0 spiro atoms. The lowest BCUT2D eigenvalue weighted by Crippen LogP contribution is -2.43. The molecule has 0 aliphatic carbocycles. The van der Waals surface area contributed by atoms with Crippen LogP contribution in [0.2, 0.25) is 0 Å². The molecular weight excluding hydrogens is 485 g/mol. The van der Waals surface area contributed by atoms with E-state index < -0.39 is 29.0 Å². The number of piperidine rings is 1. The topological polar surface area (TPSA) is 68.8 Å². The fourth-order valence-corrected chi connectivity index (χ4v) is 4.89. The van der Waals surface area contributed by atoms with Crippen molar-refractivity contribution in [1.82, 2.24) is 19.1 Å². The molecule has 1 amide bonds. The molecule has 5 rings (SSSR count). The van der Waals surface area contributed by atoms with Crippen LogP contribution in [0.15, 0.2) is 59.5 Å². The van der Waals surface area contributed by atoms with Gasteiger partial charge in [-0.15, -0.1) is 0 Å². The van der Waals surface area contributed by atoms with E-state index in [1.54, 1.807) is 36.3 Å². The largest absolute Gasteiger partial charge is 0.444 e. The number of hydrogen-bond acceptors (Lipinski definition) is 4. The minimum atomic E-state index is -4.63. The number of fused-ring (bicyclic) bond motifs is 3.